The van der Waals surface area contributed by atoms with Gasteiger partial charge < -0.3 is 5.32 Å². The molecular formula is C13H9F6N3O. The van der Waals surface area contributed by atoms with Gasteiger partial charge >= 0.3 is 12.4 Å². The second-order valence-corrected chi connectivity index (χ2v) is 4.52. The third-order valence-corrected chi connectivity index (χ3v) is 2.73. The lowest BCUT2D eigenvalue weighted by Crippen LogP contribution is -2.19. The summed E-state index contributed by atoms with van der Waals surface area (Å²) in [4.78, 5) is 11.6. The number of aromatic nitrogens is 2. The summed E-state index contributed by atoms with van der Waals surface area (Å²) in [6.45, 7) is -0.503. The Balaban J connectivity index is 1.98. The van der Waals surface area contributed by atoms with E-state index in [0.29, 0.717) is 6.07 Å². The molecule has 10 heteroatoms. The lowest BCUT2D eigenvalue weighted by Gasteiger charge is -2.09. The minimum absolute atomic E-state index is 0.0891. The Morgan fingerprint density at radius 2 is 1.61 bits per heavy atom. The van der Waals surface area contributed by atoms with Gasteiger partial charge in [0.2, 0.25) is 5.91 Å². The molecule has 0 aliphatic heterocycles. The van der Waals surface area contributed by atoms with Gasteiger partial charge in [-0.3, -0.25) is 9.48 Å². The van der Waals surface area contributed by atoms with Crippen LogP contribution in [0.5, 0.6) is 0 Å². The standard InChI is InChI=1S/C13H9F6N3O/c14-12(15,16)8-1-3-9(4-2-8)20-11(23)7-22-6-5-10(21-22)13(17,18)19/h1-6H,7H2,(H,20,23). The van der Waals surface area contributed by atoms with Crippen molar-refractivity contribution in [3.63, 3.8) is 0 Å². The van der Waals surface area contributed by atoms with E-state index < -0.39 is 36.1 Å². The molecule has 4 nitrogen and oxygen atoms in total. The lowest BCUT2D eigenvalue weighted by molar-refractivity contribution is -0.141. The van der Waals surface area contributed by atoms with Gasteiger partial charge in [0.15, 0.2) is 5.69 Å². The number of hydrogen-bond acceptors (Lipinski definition) is 2. The number of rotatable bonds is 3. The second kappa shape index (κ2) is 5.94. The maximum absolute atomic E-state index is 12.4. The number of benzene rings is 1. The molecule has 0 spiro atoms. The number of carbonyl (C=O) groups excluding carboxylic acids is 1. The van der Waals surface area contributed by atoms with Gasteiger partial charge in [-0.2, -0.15) is 31.4 Å². The first-order valence-corrected chi connectivity index (χ1v) is 6.13. The number of amides is 1. The first-order chi connectivity index (χ1) is 10.6. The highest BCUT2D eigenvalue weighted by molar-refractivity contribution is 5.90. The van der Waals surface area contributed by atoms with E-state index in [4.69, 9.17) is 0 Å². The summed E-state index contributed by atoms with van der Waals surface area (Å²) < 4.78 is 75.0. The van der Waals surface area contributed by atoms with Gasteiger partial charge in [-0.1, -0.05) is 0 Å². The summed E-state index contributed by atoms with van der Waals surface area (Å²) in [5, 5.41) is 5.46. The number of anilines is 1. The van der Waals surface area contributed by atoms with E-state index in [1.54, 1.807) is 0 Å². The lowest BCUT2D eigenvalue weighted by atomic mass is 10.2. The Hall–Kier alpha value is -2.52. The Labute approximate surface area is 125 Å². The number of hydrogen-bond donors (Lipinski definition) is 1. The zero-order valence-electron chi connectivity index (χ0n) is 11.2. The molecule has 0 saturated heterocycles. The Morgan fingerprint density at radius 1 is 1.00 bits per heavy atom. The molecule has 0 aliphatic carbocycles. The quantitative estimate of drug-likeness (QED) is 0.871. The third kappa shape index (κ3) is 4.47. The van der Waals surface area contributed by atoms with Crippen LogP contribution in [0.4, 0.5) is 32.0 Å². The van der Waals surface area contributed by atoms with Gasteiger partial charge in [-0.05, 0) is 30.3 Å². The van der Waals surface area contributed by atoms with Crippen molar-refractivity contribution in [1.82, 2.24) is 9.78 Å². The summed E-state index contributed by atoms with van der Waals surface area (Å²) in [6, 6.07) is 4.37. The van der Waals surface area contributed by atoms with Crippen LogP contribution in [0, 0.1) is 0 Å². The van der Waals surface area contributed by atoms with E-state index in [9.17, 15) is 31.1 Å². The molecule has 1 aromatic carbocycles. The molecule has 0 aliphatic rings. The molecule has 0 fully saturated rings. The minimum atomic E-state index is -4.62. The SMILES string of the molecule is O=C(Cn1ccc(C(F)(F)F)n1)Nc1ccc(C(F)(F)F)cc1. The Kier molecular flexibility index (Phi) is 4.35. The van der Waals surface area contributed by atoms with Crippen molar-refractivity contribution in [2.75, 3.05) is 5.32 Å². The van der Waals surface area contributed by atoms with E-state index >= 15 is 0 Å². The third-order valence-electron chi connectivity index (χ3n) is 2.73. The van der Waals surface area contributed by atoms with Crippen molar-refractivity contribution in [2.45, 2.75) is 18.9 Å². The average molecular weight is 337 g/mol. The van der Waals surface area contributed by atoms with Crippen LogP contribution in [0.2, 0.25) is 0 Å². The number of carbonyl (C=O) groups is 1. The first kappa shape index (κ1) is 16.8. The van der Waals surface area contributed by atoms with Gasteiger partial charge in [0.05, 0.1) is 5.56 Å². The minimum Gasteiger partial charge on any atom is -0.324 e. The fraction of sp³-hybridized carbons (Fsp3) is 0.231. The molecule has 1 heterocycles. The highest BCUT2D eigenvalue weighted by atomic mass is 19.4. The number of nitrogens with one attached hydrogen (secondary N) is 1. The molecule has 23 heavy (non-hydrogen) atoms. The molecule has 0 atom stereocenters. The van der Waals surface area contributed by atoms with Crippen LogP contribution in [0.1, 0.15) is 11.3 Å². The van der Waals surface area contributed by atoms with Crippen LogP contribution in [0.15, 0.2) is 36.5 Å². The van der Waals surface area contributed by atoms with Crippen molar-refractivity contribution in [1.29, 1.82) is 0 Å². The van der Waals surface area contributed by atoms with Crippen molar-refractivity contribution >= 4 is 11.6 Å². The van der Waals surface area contributed by atoms with Crippen molar-refractivity contribution < 1.29 is 31.1 Å². The molecule has 0 unspecified atom stereocenters. The summed E-state index contributed by atoms with van der Waals surface area (Å²) in [5.74, 6) is -0.721. The van der Waals surface area contributed by atoms with Crippen LogP contribution in [-0.4, -0.2) is 15.7 Å². The molecule has 1 aromatic heterocycles. The van der Waals surface area contributed by atoms with Crippen LogP contribution in [-0.2, 0) is 23.7 Å². The molecule has 0 saturated carbocycles. The normalized spacial score (nSPS) is 12.3. The fourth-order valence-electron chi connectivity index (χ4n) is 1.69. The van der Waals surface area contributed by atoms with Crippen molar-refractivity contribution in [3.8, 4) is 0 Å². The van der Waals surface area contributed by atoms with Crippen molar-refractivity contribution in [2.24, 2.45) is 0 Å². The molecule has 1 amide bonds. The van der Waals surface area contributed by atoms with E-state index in [-0.39, 0.29) is 5.69 Å². The van der Waals surface area contributed by atoms with Gasteiger partial charge in [-0.25, -0.2) is 0 Å². The van der Waals surface area contributed by atoms with E-state index in [2.05, 4.69) is 10.4 Å². The summed E-state index contributed by atoms with van der Waals surface area (Å²) >= 11 is 0. The van der Waals surface area contributed by atoms with Crippen LogP contribution < -0.4 is 5.32 Å². The number of nitrogens with zero attached hydrogens (tertiary/aromatic N) is 2. The van der Waals surface area contributed by atoms with Crippen LogP contribution in [0.3, 0.4) is 0 Å². The topological polar surface area (TPSA) is 46.9 Å². The second-order valence-electron chi connectivity index (χ2n) is 4.52. The molecule has 2 aromatic rings. The van der Waals surface area contributed by atoms with Gasteiger partial charge in [-0.15, -0.1) is 0 Å². The van der Waals surface area contributed by atoms with Crippen LogP contribution in [0.25, 0.3) is 0 Å². The van der Waals surface area contributed by atoms with Gasteiger partial charge in [0.1, 0.15) is 6.54 Å². The van der Waals surface area contributed by atoms with Gasteiger partial charge in [0, 0.05) is 11.9 Å². The Morgan fingerprint density at radius 3 is 2.09 bits per heavy atom. The zero-order valence-corrected chi connectivity index (χ0v) is 11.2. The number of halogens is 6. The summed E-state index contributed by atoms with van der Waals surface area (Å²) in [6.07, 6.45) is -8.13. The molecule has 1 N–H and O–H groups in total. The van der Waals surface area contributed by atoms with E-state index in [1.165, 1.54) is 0 Å². The van der Waals surface area contributed by atoms with E-state index in [1.807, 2.05) is 0 Å². The van der Waals surface area contributed by atoms with Gasteiger partial charge in [0.25, 0.3) is 0 Å². The molecular weight excluding hydrogens is 328 g/mol. The summed E-state index contributed by atoms with van der Waals surface area (Å²) in [5.41, 5.74) is -1.93. The average Bonchev–Trinajstić information content (AvgIpc) is 2.86. The smallest absolute Gasteiger partial charge is 0.324 e. The highest BCUT2D eigenvalue weighted by Crippen LogP contribution is 2.30. The molecule has 0 radical (unpaired) electrons. The maximum Gasteiger partial charge on any atom is 0.435 e. The number of alkyl halides is 6. The molecule has 0 bridgehead atoms. The fourth-order valence-corrected chi connectivity index (χ4v) is 1.69. The predicted octanol–water partition coefficient (Wildman–Crippen LogP) is 3.56. The van der Waals surface area contributed by atoms with E-state index in [0.717, 1.165) is 35.1 Å². The van der Waals surface area contributed by atoms with Crippen molar-refractivity contribution in [3.05, 3.63) is 47.8 Å². The Bertz CT molecular complexity index is 687. The predicted molar refractivity (Wildman–Crippen MR) is 67.3 cm³/mol. The maximum atomic E-state index is 12.4. The monoisotopic (exact) mass is 337 g/mol. The van der Waals surface area contributed by atoms with Crippen LogP contribution >= 0.6 is 0 Å². The molecule has 2 rings (SSSR count). The zero-order chi connectivity index (χ0) is 17.3. The molecule has 124 valence electrons. The first-order valence-electron chi connectivity index (χ1n) is 6.13. The summed E-state index contributed by atoms with van der Waals surface area (Å²) in [7, 11) is 0. The highest BCUT2D eigenvalue weighted by Gasteiger charge is 2.33. The largest absolute Gasteiger partial charge is 0.435 e.